The third kappa shape index (κ3) is 2.91. The van der Waals surface area contributed by atoms with Crippen LogP contribution in [0.5, 0.6) is 0 Å². The summed E-state index contributed by atoms with van der Waals surface area (Å²) in [5.74, 6) is -1.32. The molecule has 1 N–H and O–H groups in total. The molecule has 0 saturated carbocycles. The molecule has 0 fully saturated rings. The zero-order chi connectivity index (χ0) is 17.3. The van der Waals surface area contributed by atoms with E-state index in [1.54, 1.807) is 0 Å². The number of carboxylic acids is 1. The first-order valence-corrected chi connectivity index (χ1v) is 8.18. The highest BCUT2D eigenvalue weighted by molar-refractivity contribution is 5.96. The minimum atomic E-state index is -1.02. The minimum Gasteiger partial charge on any atom is -0.480 e. The number of nitrogens with zero attached hydrogens (tertiary/aromatic N) is 3. The average Bonchev–Trinajstić information content (AvgIpc) is 3.14. The van der Waals surface area contributed by atoms with E-state index in [2.05, 4.69) is 5.10 Å². The van der Waals surface area contributed by atoms with Crippen LogP contribution in [0.1, 0.15) is 42.0 Å². The Morgan fingerprint density at radius 3 is 2.58 bits per heavy atom. The predicted octanol–water partition coefficient (Wildman–Crippen LogP) is 2.30. The summed E-state index contributed by atoms with van der Waals surface area (Å²) in [6.45, 7) is 3.31. The van der Waals surface area contributed by atoms with Gasteiger partial charge in [0, 0.05) is 17.3 Å². The lowest BCUT2D eigenvalue weighted by Gasteiger charge is -2.24. The summed E-state index contributed by atoms with van der Waals surface area (Å²) in [4.78, 5) is 25.4. The summed E-state index contributed by atoms with van der Waals surface area (Å²) in [6.07, 6.45) is 2.67. The van der Waals surface area contributed by atoms with Crippen LogP contribution < -0.4 is 0 Å². The molecule has 6 nitrogen and oxygen atoms in total. The van der Waals surface area contributed by atoms with Gasteiger partial charge < -0.3 is 10.0 Å². The van der Waals surface area contributed by atoms with E-state index < -0.39 is 5.97 Å². The predicted molar refractivity (Wildman–Crippen MR) is 89.4 cm³/mol. The molecule has 0 saturated heterocycles. The molecule has 0 bridgehead atoms. The molecule has 0 spiro atoms. The summed E-state index contributed by atoms with van der Waals surface area (Å²) in [5.41, 5.74) is 3.33. The Hall–Kier alpha value is -2.63. The maximum Gasteiger partial charge on any atom is 0.323 e. The van der Waals surface area contributed by atoms with E-state index in [9.17, 15) is 9.59 Å². The van der Waals surface area contributed by atoms with Crippen molar-refractivity contribution in [1.82, 2.24) is 14.7 Å². The van der Waals surface area contributed by atoms with Crippen LogP contribution in [0, 0.1) is 0 Å². The van der Waals surface area contributed by atoms with Crippen LogP contribution in [0.4, 0.5) is 0 Å². The van der Waals surface area contributed by atoms with Gasteiger partial charge in [0.2, 0.25) is 0 Å². The lowest BCUT2D eigenvalue weighted by atomic mass is 10.1. The van der Waals surface area contributed by atoms with Gasteiger partial charge in [-0.25, -0.2) is 4.68 Å². The van der Waals surface area contributed by atoms with Crippen LogP contribution in [0.25, 0.3) is 5.69 Å². The normalized spacial score (nSPS) is 13.1. The van der Waals surface area contributed by atoms with Crippen molar-refractivity contribution in [2.45, 2.75) is 39.2 Å². The molecule has 1 aromatic carbocycles. The van der Waals surface area contributed by atoms with E-state index in [-0.39, 0.29) is 18.5 Å². The molecule has 0 atom stereocenters. The molecule has 3 rings (SSSR count). The van der Waals surface area contributed by atoms with E-state index >= 15 is 0 Å². The zero-order valence-corrected chi connectivity index (χ0v) is 13.9. The molecule has 0 aliphatic heterocycles. The third-order valence-corrected chi connectivity index (χ3v) is 4.32. The van der Waals surface area contributed by atoms with E-state index in [1.165, 1.54) is 4.90 Å². The van der Waals surface area contributed by atoms with Crippen LogP contribution in [-0.2, 0) is 17.6 Å². The molecule has 2 aromatic rings. The molecule has 1 amide bonds. The molecule has 1 aliphatic carbocycles. The summed E-state index contributed by atoms with van der Waals surface area (Å²) < 4.78 is 1.83. The lowest BCUT2D eigenvalue weighted by Crippen LogP contribution is -2.41. The molecule has 0 radical (unpaired) electrons. The van der Waals surface area contributed by atoms with Gasteiger partial charge in [-0.05, 0) is 45.2 Å². The van der Waals surface area contributed by atoms with Crippen molar-refractivity contribution in [3.63, 3.8) is 0 Å². The standard InChI is InChI=1S/C18H21N3O3/c1-12(2)20(11-16(22)23)18(24)17-14-9-6-10-15(14)21(19-17)13-7-4-3-5-8-13/h3-5,7-8,12H,6,9-11H2,1-2H3,(H,22,23). The number of amides is 1. The number of aliphatic carboxylic acids is 1. The Bertz CT molecular complexity index is 765. The van der Waals surface area contributed by atoms with Gasteiger partial charge in [0.25, 0.3) is 5.91 Å². The van der Waals surface area contributed by atoms with Crippen molar-refractivity contribution in [2.75, 3.05) is 6.54 Å². The van der Waals surface area contributed by atoms with Crippen molar-refractivity contribution < 1.29 is 14.7 Å². The highest BCUT2D eigenvalue weighted by Crippen LogP contribution is 2.28. The fourth-order valence-corrected chi connectivity index (χ4v) is 3.16. The number of carbonyl (C=O) groups is 2. The van der Waals surface area contributed by atoms with Crippen molar-refractivity contribution in [1.29, 1.82) is 0 Å². The second-order valence-electron chi connectivity index (χ2n) is 6.30. The number of carboxylic acid groups (broad SMARTS) is 1. The molecular formula is C18H21N3O3. The molecular weight excluding hydrogens is 306 g/mol. The van der Waals surface area contributed by atoms with Crippen molar-refractivity contribution in [3.8, 4) is 5.69 Å². The number of para-hydroxylation sites is 1. The number of rotatable bonds is 5. The van der Waals surface area contributed by atoms with Crippen LogP contribution in [0.15, 0.2) is 30.3 Å². The number of benzene rings is 1. The Morgan fingerprint density at radius 2 is 1.96 bits per heavy atom. The molecule has 6 heteroatoms. The van der Waals surface area contributed by atoms with E-state index in [0.29, 0.717) is 5.69 Å². The molecule has 0 unspecified atom stereocenters. The van der Waals surface area contributed by atoms with Gasteiger partial charge in [0.05, 0.1) is 5.69 Å². The second-order valence-corrected chi connectivity index (χ2v) is 6.30. The maximum absolute atomic E-state index is 12.9. The SMILES string of the molecule is CC(C)N(CC(=O)O)C(=O)c1nn(-c2ccccc2)c2c1CCC2. The van der Waals surface area contributed by atoms with Gasteiger partial charge in [0.1, 0.15) is 6.54 Å². The van der Waals surface area contributed by atoms with Gasteiger partial charge in [-0.15, -0.1) is 0 Å². The van der Waals surface area contributed by atoms with Crippen LogP contribution in [0.3, 0.4) is 0 Å². The highest BCUT2D eigenvalue weighted by atomic mass is 16.4. The second kappa shape index (κ2) is 6.47. The van der Waals surface area contributed by atoms with E-state index in [0.717, 1.165) is 36.2 Å². The Morgan fingerprint density at radius 1 is 1.25 bits per heavy atom. The van der Waals surface area contributed by atoms with Gasteiger partial charge in [0.15, 0.2) is 5.69 Å². The topological polar surface area (TPSA) is 75.4 Å². The van der Waals surface area contributed by atoms with Crippen LogP contribution >= 0.6 is 0 Å². The Balaban J connectivity index is 2.03. The smallest absolute Gasteiger partial charge is 0.323 e. The van der Waals surface area contributed by atoms with Gasteiger partial charge in [-0.3, -0.25) is 9.59 Å². The molecule has 1 aromatic heterocycles. The van der Waals surface area contributed by atoms with Crippen molar-refractivity contribution >= 4 is 11.9 Å². The summed E-state index contributed by atoms with van der Waals surface area (Å²) >= 11 is 0. The number of hydrogen-bond acceptors (Lipinski definition) is 3. The molecule has 126 valence electrons. The first-order chi connectivity index (χ1) is 11.5. The Kier molecular flexibility index (Phi) is 4.38. The molecule has 1 aliphatic rings. The quantitative estimate of drug-likeness (QED) is 0.914. The monoisotopic (exact) mass is 327 g/mol. The van der Waals surface area contributed by atoms with Crippen molar-refractivity contribution in [2.24, 2.45) is 0 Å². The molecule has 1 heterocycles. The van der Waals surface area contributed by atoms with Gasteiger partial charge in [-0.1, -0.05) is 18.2 Å². The number of carbonyl (C=O) groups excluding carboxylic acids is 1. The largest absolute Gasteiger partial charge is 0.480 e. The van der Waals surface area contributed by atoms with Gasteiger partial charge >= 0.3 is 5.97 Å². The summed E-state index contributed by atoms with van der Waals surface area (Å²) in [7, 11) is 0. The summed E-state index contributed by atoms with van der Waals surface area (Å²) in [5, 5.41) is 13.6. The van der Waals surface area contributed by atoms with E-state index in [1.807, 2.05) is 48.9 Å². The van der Waals surface area contributed by atoms with Crippen LogP contribution in [-0.4, -0.2) is 44.3 Å². The van der Waals surface area contributed by atoms with Crippen LogP contribution in [0.2, 0.25) is 0 Å². The van der Waals surface area contributed by atoms with E-state index in [4.69, 9.17) is 5.11 Å². The number of aromatic nitrogens is 2. The maximum atomic E-state index is 12.9. The first kappa shape index (κ1) is 16.2. The van der Waals surface area contributed by atoms with Crippen molar-refractivity contribution in [3.05, 3.63) is 47.3 Å². The van der Waals surface area contributed by atoms with Gasteiger partial charge in [-0.2, -0.15) is 5.10 Å². The third-order valence-electron chi connectivity index (χ3n) is 4.32. The zero-order valence-electron chi connectivity index (χ0n) is 13.9. The first-order valence-electron chi connectivity index (χ1n) is 8.18. The Labute approximate surface area is 140 Å². The fourth-order valence-electron chi connectivity index (χ4n) is 3.16. The minimum absolute atomic E-state index is 0.201. The number of fused-ring (bicyclic) bond motifs is 1. The number of hydrogen-bond donors (Lipinski definition) is 1. The fraction of sp³-hybridized carbons (Fsp3) is 0.389. The summed E-state index contributed by atoms with van der Waals surface area (Å²) in [6, 6.07) is 9.52. The highest BCUT2D eigenvalue weighted by Gasteiger charge is 2.31. The average molecular weight is 327 g/mol. The molecule has 24 heavy (non-hydrogen) atoms. The lowest BCUT2D eigenvalue weighted by molar-refractivity contribution is -0.138.